The molecule has 1 aromatic rings. The third-order valence-electron chi connectivity index (χ3n) is 3.82. The van der Waals surface area contributed by atoms with E-state index in [9.17, 15) is 13.2 Å². The first-order valence-corrected chi connectivity index (χ1v) is 6.08. The molecule has 2 unspecified atom stereocenters. The third kappa shape index (κ3) is 2.68. The van der Waals surface area contributed by atoms with E-state index in [4.69, 9.17) is 4.74 Å². The predicted octanol–water partition coefficient (Wildman–Crippen LogP) is 3.33. The first-order chi connectivity index (χ1) is 8.75. The summed E-state index contributed by atoms with van der Waals surface area (Å²) in [6, 6.07) is 3.94. The van der Waals surface area contributed by atoms with Crippen LogP contribution in [0.2, 0.25) is 0 Å². The molecule has 106 valence electrons. The van der Waals surface area contributed by atoms with Crippen molar-refractivity contribution in [3.05, 3.63) is 23.9 Å². The van der Waals surface area contributed by atoms with E-state index in [-0.39, 0.29) is 23.4 Å². The summed E-state index contributed by atoms with van der Waals surface area (Å²) in [5.41, 5.74) is -0.997. The van der Waals surface area contributed by atoms with E-state index in [0.29, 0.717) is 0 Å². The van der Waals surface area contributed by atoms with Crippen LogP contribution in [0.15, 0.2) is 18.2 Å². The molecule has 2 rings (SSSR count). The molecule has 6 heteroatoms. The quantitative estimate of drug-likeness (QED) is 0.918. The average Bonchev–Trinajstić information content (AvgIpc) is 2.33. The number of pyridine rings is 1. The number of hydrogen-bond donors (Lipinski definition) is 1. The van der Waals surface area contributed by atoms with Gasteiger partial charge in [-0.3, -0.25) is 0 Å². The summed E-state index contributed by atoms with van der Waals surface area (Å²) < 4.78 is 43.0. The second kappa shape index (κ2) is 4.67. The highest BCUT2D eigenvalue weighted by molar-refractivity contribution is 5.39. The molecule has 19 heavy (non-hydrogen) atoms. The molecule has 1 saturated carbocycles. The molecule has 1 aliphatic carbocycles. The van der Waals surface area contributed by atoms with Crippen LogP contribution in [0.5, 0.6) is 0 Å². The minimum absolute atomic E-state index is 0.0634. The zero-order valence-corrected chi connectivity index (χ0v) is 11.1. The van der Waals surface area contributed by atoms with E-state index in [1.807, 2.05) is 13.8 Å². The number of halogens is 3. The van der Waals surface area contributed by atoms with Crippen molar-refractivity contribution in [3.8, 4) is 0 Å². The molecule has 0 aliphatic heterocycles. The maximum atomic E-state index is 12.6. The monoisotopic (exact) mass is 274 g/mol. The Morgan fingerprint density at radius 3 is 2.58 bits per heavy atom. The van der Waals surface area contributed by atoms with Crippen LogP contribution in [-0.2, 0) is 10.9 Å². The summed E-state index contributed by atoms with van der Waals surface area (Å²) in [6.45, 7) is 4.05. The Bertz CT molecular complexity index is 459. The number of aromatic nitrogens is 1. The average molecular weight is 274 g/mol. The van der Waals surface area contributed by atoms with Gasteiger partial charge in [0.1, 0.15) is 11.5 Å². The molecule has 0 amide bonds. The highest BCUT2D eigenvalue weighted by atomic mass is 19.4. The molecular weight excluding hydrogens is 257 g/mol. The molecule has 0 radical (unpaired) electrons. The molecule has 0 saturated heterocycles. The summed E-state index contributed by atoms with van der Waals surface area (Å²) in [5, 5.41) is 3.05. The molecule has 0 bridgehead atoms. The highest BCUT2D eigenvalue weighted by Crippen LogP contribution is 2.44. The SMILES string of the molecule is COC1CC(Nc2cccc(C(F)(F)F)n2)C1(C)C. The van der Waals surface area contributed by atoms with E-state index in [1.54, 1.807) is 13.2 Å². The fraction of sp³-hybridized carbons (Fsp3) is 0.615. The van der Waals surface area contributed by atoms with Crippen LogP contribution in [0.4, 0.5) is 19.0 Å². The minimum atomic E-state index is -4.41. The van der Waals surface area contributed by atoms with Gasteiger partial charge in [0.15, 0.2) is 0 Å². The predicted molar refractivity (Wildman–Crippen MR) is 65.8 cm³/mol. The second-order valence-electron chi connectivity index (χ2n) is 5.38. The van der Waals surface area contributed by atoms with Crippen LogP contribution in [0, 0.1) is 5.41 Å². The molecule has 1 fully saturated rings. The van der Waals surface area contributed by atoms with Crippen LogP contribution in [0.25, 0.3) is 0 Å². The number of anilines is 1. The van der Waals surface area contributed by atoms with Gasteiger partial charge in [-0.2, -0.15) is 13.2 Å². The number of nitrogens with one attached hydrogen (secondary N) is 1. The number of nitrogens with zero attached hydrogens (tertiary/aromatic N) is 1. The summed E-state index contributed by atoms with van der Waals surface area (Å²) in [6.07, 6.45) is -3.53. The van der Waals surface area contributed by atoms with Gasteiger partial charge >= 0.3 is 6.18 Å². The number of alkyl halides is 3. The fourth-order valence-electron chi connectivity index (χ4n) is 2.38. The van der Waals surface area contributed by atoms with Gasteiger partial charge in [0, 0.05) is 18.6 Å². The standard InChI is InChI=1S/C13H17F3N2O/c1-12(2)9(7-10(12)19-3)18-11-6-4-5-8(17-11)13(14,15)16/h4-6,9-10H,7H2,1-3H3,(H,17,18). The molecule has 0 spiro atoms. The van der Waals surface area contributed by atoms with Gasteiger partial charge in [0.25, 0.3) is 0 Å². The van der Waals surface area contributed by atoms with Gasteiger partial charge in [-0.15, -0.1) is 0 Å². The van der Waals surface area contributed by atoms with Crippen LogP contribution >= 0.6 is 0 Å². The Morgan fingerprint density at radius 1 is 1.37 bits per heavy atom. The molecule has 0 aromatic carbocycles. The normalized spacial score (nSPS) is 25.8. The number of rotatable bonds is 3. The maximum Gasteiger partial charge on any atom is 0.433 e. The van der Waals surface area contributed by atoms with Crippen LogP contribution in [-0.4, -0.2) is 24.2 Å². The Balaban J connectivity index is 2.09. The lowest BCUT2D eigenvalue weighted by molar-refractivity contribution is -0.141. The molecular formula is C13H17F3N2O. The molecule has 1 heterocycles. The van der Waals surface area contributed by atoms with Crippen molar-refractivity contribution in [1.29, 1.82) is 0 Å². The van der Waals surface area contributed by atoms with Crippen molar-refractivity contribution in [2.45, 2.75) is 38.6 Å². The number of ether oxygens (including phenoxy) is 1. The van der Waals surface area contributed by atoms with Crippen molar-refractivity contribution >= 4 is 5.82 Å². The summed E-state index contributed by atoms with van der Waals surface area (Å²) in [4.78, 5) is 3.61. The molecule has 3 nitrogen and oxygen atoms in total. The lowest BCUT2D eigenvalue weighted by Crippen LogP contribution is -2.57. The van der Waals surface area contributed by atoms with Gasteiger partial charge in [-0.1, -0.05) is 19.9 Å². The zero-order chi connectivity index (χ0) is 14.3. The number of methoxy groups -OCH3 is 1. The van der Waals surface area contributed by atoms with E-state index >= 15 is 0 Å². The van der Waals surface area contributed by atoms with Crippen molar-refractivity contribution in [3.63, 3.8) is 0 Å². The van der Waals surface area contributed by atoms with Gasteiger partial charge in [-0.05, 0) is 18.6 Å². The first kappa shape index (κ1) is 14.1. The van der Waals surface area contributed by atoms with E-state index in [0.717, 1.165) is 12.5 Å². The smallest absolute Gasteiger partial charge is 0.381 e. The lowest BCUT2D eigenvalue weighted by atomic mass is 9.64. The Morgan fingerprint density at radius 2 is 2.05 bits per heavy atom. The van der Waals surface area contributed by atoms with Crippen molar-refractivity contribution in [2.75, 3.05) is 12.4 Å². The number of hydrogen-bond acceptors (Lipinski definition) is 3. The van der Waals surface area contributed by atoms with Crippen molar-refractivity contribution in [1.82, 2.24) is 4.98 Å². The zero-order valence-electron chi connectivity index (χ0n) is 11.1. The maximum absolute atomic E-state index is 12.6. The summed E-state index contributed by atoms with van der Waals surface area (Å²) in [5.74, 6) is 0.252. The third-order valence-corrected chi connectivity index (χ3v) is 3.82. The van der Waals surface area contributed by atoms with Gasteiger partial charge in [0.2, 0.25) is 0 Å². The first-order valence-electron chi connectivity index (χ1n) is 6.08. The topological polar surface area (TPSA) is 34.1 Å². The minimum Gasteiger partial charge on any atom is -0.381 e. The van der Waals surface area contributed by atoms with Crippen LogP contribution in [0.3, 0.4) is 0 Å². The van der Waals surface area contributed by atoms with Gasteiger partial charge in [-0.25, -0.2) is 4.98 Å². The Labute approximate surface area is 110 Å². The molecule has 1 aromatic heterocycles. The molecule has 1 N–H and O–H groups in total. The van der Waals surface area contributed by atoms with Crippen molar-refractivity contribution < 1.29 is 17.9 Å². The van der Waals surface area contributed by atoms with E-state index in [2.05, 4.69) is 10.3 Å². The largest absolute Gasteiger partial charge is 0.433 e. The molecule has 2 atom stereocenters. The highest BCUT2D eigenvalue weighted by Gasteiger charge is 2.48. The lowest BCUT2D eigenvalue weighted by Gasteiger charge is -2.51. The van der Waals surface area contributed by atoms with E-state index in [1.165, 1.54) is 6.07 Å². The summed E-state index contributed by atoms with van der Waals surface area (Å²) in [7, 11) is 1.64. The van der Waals surface area contributed by atoms with Crippen LogP contribution < -0.4 is 5.32 Å². The molecule has 1 aliphatic rings. The second-order valence-corrected chi connectivity index (χ2v) is 5.38. The van der Waals surface area contributed by atoms with Gasteiger partial charge in [0.05, 0.1) is 6.10 Å². The Kier molecular flexibility index (Phi) is 3.47. The van der Waals surface area contributed by atoms with Gasteiger partial charge < -0.3 is 10.1 Å². The Hall–Kier alpha value is -1.30. The van der Waals surface area contributed by atoms with Crippen LogP contribution in [0.1, 0.15) is 26.0 Å². The van der Waals surface area contributed by atoms with E-state index < -0.39 is 11.9 Å². The fourth-order valence-corrected chi connectivity index (χ4v) is 2.38. The summed E-state index contributed by atoms with van der Waals surface area (Å²) >= 11 is 0. The van der Waals surface area contributed by atoms with Crippen molar-refractivity contribution in [2.24, 2.45) is 5.41 Å².